The standard InChI is InChI=1S/C10H18N2O/c1-5-13-7-10-6-11-9(4)12(10)8(2)3/h6,8H,5,7H2,1-4H3. The van der Waals surface area contributed by atoms with Gasteiger partial charge in [0.2, 0.25) is 0 Å². The maximum Gasteiger partial charge on any atom is 0.106 e. The van der Waals surface area contributed by atoms with Crippen LogP contribution < -0.4 is 0 Å². The van der Waals surface area contributed by atoms with Crippen molar-refractivity contribution in [3.05, 3.63) is 17.7 Å². The minimum Gasteiger partial charge on any atom is -0.375 e. The van der Waals surface area contributed by atoms with Gasteiger partial charge in [-0.15, -0.1) is 0 Å². The SMILES string of the molecule is CCOCc1cnc(C)n1C(C)C. The zero-order valence-corrected chi connectivity index (χ0v) is 8.87. The molecule has 0 unspecified atom stereocenters. The van der Waals surface area contributed by atoms with E-state index >= 15 is 0 Å². The minimum atomic E-state index is 0.456. The second-order valence-corrected chi connectivity index (χ2v) is 3.40. The molecule has 0 saturated carbocycles. The van der Waals surface area contributed by atoms with Gasteiger partial charge in [-0.2, -0.15) is 0 Å². The van der Waals surface area contributed by atoms with Crippen molar-refractivity contribution in [3.8, 4) is 0 Å². The fourth-order valence-corrected chi connectivity index (χ4v) is 1.52. The Bertz CT molecular complexity index is 266. The van der Waals surface area contributed by atoms with Crippen LogP contribution in [0.25, 0.3) is 0 Å². The van der Waals surface area contributed by atoms with Crippen LogP contribution in [-0.2, 0) is 11.3 Å². The van der Waals surface area contributed by atoms with Crippen LogP contribution in [0, 0.1) is 6.92 Å². The first-order valence-electron chi connectivity index (χ1n) is 4.77. The van der Waals surface area contributed by atoms with Gasteiger partial charge in [0.15, 0.2) is 0 Å². The lowest BCUT2D eigenvalue weighted by molar-refractivity contribution is 0.127. The topological polar surface area (TPSA) is 27.1 Å². The van der Waals surface area contributed by atoms with Crippen molar-refractivity contribution in [1.82, 2.24) is 9.55 Å². The summed E-state index contributed by atoms with van der Waals surface area (Å²) >= 11 is 0. The van der Waals surface area contributed by atoms with Crippen molar-refractivity contribution in [2.45, 2.75) is 40.3 Å². The summed E-state index contributed by atoms with van der Waals surface area (Å²) in [5, 5.41) is 0. The summed E-state index contributed by atoms with van der Waals surface area (Å²) in [7, 11) is 0. The molecule has 3 nitrogen and oxygen atoms in total. The summed E-state index contributed by atoms with van der Waals surface area (Å²) in [6, 6.07) is 0.456. The van der Waals surface area contributed by atoms with E-state index < -0.39 is 0 Å². The molecule has 0 aromatic carbocycles. The number of nitrogens with zero attached hydrogens (tertiary/aromatic N) is 2. The number of hydrogen-bond donors (Lipinski definition) is 0. The number of aryl methyl sites for hydroxylation is 1. The summed E-state index contributed by atoms with van der Waals surface area (Å²) in [6.07, 6.45) is 1.89. The van der Waals surface area contributed by atoms with E-state index in [-0.39, 0.29) is 0 Å². The van der Waals surface area contributed by atoms with Gasteiger partial charge in [0.05, 0.1) is 18.5 Å². The molecule has 1 aromatic heterocycles. The van der Waals surface area contributed by atoms with Crippen molar-refractivity contribution < 1.29 is 4.74 Å². The van der Waals surface area contributed by atoms with Gasteiger partial charge < -0.3 is 9.30 Å². The molecule has 0 saturated heterocycles. The molecule has 74 valence electrons. The molecule has 0 aliphatic heterocycles. The molecule has 0 radical (unpaired) electrons. The predicted molar refractivity (Wildman–Crippen MR) is 52.7 cm³/mol. The Labute approximate surface area is 79.7 Å². The summed E-state index contributed by atoms with van der Waals surface area (Å²) in [5.41, 5.74) is 1.16. The molecular weight excluding hydrogens is 164 g/mol. The number of aromatic nitrogens is 2. The Morgan fingerprint density at radius 2 is 2.23 bits per heavy atom. The highest BCUT2D eigenvalue weighted by molar-refractivity contribution is 5.04. The number of hydrogen-bond acceptors (Lipinski definition) is 2. The van der Waals surface area contributed by atoms with Gasteiger partial charge in [-0.05, 0) is 27.7 Å². The molecule has 0 fully saturated rings. The third-order valence-electron chi connectivity index (χ3n) is 2.03. The summed E-state index contributed by atoms with van der Waals surface area (Å²) in [4.78, 5) is 4.27. The van der Waals surface area contributed by atoms with Gasteiger partial charge in [0.25, 0.3) is 0 Å². The van der Waals surface area contributed by atoms with Crippen molar-refractivity contribution in [2.24, 2.45) is 0 Å². The fraction of sp³-hybridized carbons (Fsp3) is 0.700. The Hall–Kier alpha value is -0.830. The zero-order chi connectivity index (χ0) is 9.84. The Kier molecular flexibility index (Phi) is 3.48. The maximum atomic E-state index is 5.36. The van der Waals surface area contributed by atoms with Gasteiger partial charge >= 0.3 is 0 Å². The Balaban J connectivity index is 2.81. The molecule has 13 heavy (non-hydrogen) atoms. The first-order chi connectivity index (χ1) is 6.16. The minimum absolute atomic E-state index is 0.456. The van der Waals surface area contributed by atoms with Crippen LogP contribution >= 0.6 is 0 Å². The molecule has 1 heterocycles. The Morgan fingerprint density at radius 3 is 2.77 bits per heavy atom. The summed E-state index contributed by atoms with van der Waals surface area (Å²) in [6.45, 7) is 9.75. The van der Waals surface area contributed by atoms with Crippen LogP contribution in [0.5, 0.6) is 0 Å². The fourth-order valence-electron chi connectivity index (χ4n) is 1.52. The van der Waals surface area contributed by atoms with E-state index in [9.17, 15) is 0 Å². The first kappa shape index (κ1) is 10.3. The number of imidazole rings is 1. The maximum absolute atomic E-state index is 5.36. The molecule has 0 bridgehead atoms. The van der Waals surface area contributed by atoms with Crippen LogP contribution in [0.3, 0.4) is 0 Å². The average Bonchev–Trinajstić information content (AvgIpc) is 2.43. The smallest absolute Gasteiger partial charge is 0.106 e. The normalized spacial score (nSPS) is 11.2. The van der Waals surface area contributed by atoms with Crippen LogP contribution in [0.2, 0.25) is 0 Å². The van der Waals surface area contributed by atoms with Crippen LogP contribution in [0.4, 0.5) is 0 Å². The number of ether oxygens (including phenoxy) is 1. The monoisotopic (exact) mass is 182 g/mol. The van der Waals surface area contributed by atoms with Gasteiger partial charge in [-0.3, -0.25) is 0 Å². The van der Waals surface area contributed by atoms with E-state index in [2.05, 4.69) is 23.4 Å². The quantitative estimate of drug-likeness (QED) is 0.714. The van der Waals surface area contributed by atoms with Crippen LogP contribution in [0.1, 0.15) is 38.3 Å². The van der Waals surface area contributed by atoms with E-state index in [1.807, 2.05) is 20.0 Å². The molecule has 0 N–H and O–H groups in total. The molecule has 0 aliphatic rings. The molecule has 0 aliphatic carbocycles. The molecular formula is C10H18N2O. The molecule has 0 atom stereocenters. The lowest BCUT2D eigenvalue weighted by Crippen LogP contribution is -2.08. The highest BCUT2D eigenvalue weighted by Crippen LogP contribution is 2.13. The highest BCUT2D eigenvalue weighted by atomic mass is 16.5. The Morgan fingerprint density at radius 1 is 1.54 bits per heavy atom. The van der Waals surface area contributed by atoms with Crippen molar-refractivity contribution in [1.29, 1.82) is 0 Å². The van der Waals surface area contributed by atoms with Gasteiger partial charge in [0, 0.05) is 12.6 Å². The van der Waals surface area contributed by atoms with Crippen molar-refractivity contribution >= 4 is 0 Å². The van der Waals surface area contributed by atoms with Crippen LogP contribution in [0.15, 0.2) is 6.20 Å². The van der Waals surface area contributed by atoms with E-state index in [1.54, 1.807) is 0 Å². The third-order valence-corrected chi connectivity index (χ3v) is 2.03. The average molecular weight is 182 g/mol. The largest absolute Gasteiger partial charge is 0.375 e. The molecule has 0 spiro atoms. The molecule has 0 amide bonds. The van der Waals surface area contributed by atoms with Crippen molar-refractivity contribution in [3.63, 3.8) is 0 Å². The molecule has 3 heteroatoms. The van der Waals surface area contributed by atoms with Crippen LogP contribution in [-0.4, -0.2) is 16.2 Å². The molecule has 1 rings (SSSR count). The summed E-state index contributed by atoms with van der Waals surface area (Å²) < 4.78 is 7.57. The first-order valence-corrected chi connectivity index (χ1v) is 4.77. The number of rotatable bonds is 4. The second kappa shape index (κ2) is 4.42. The third kappa shape index (κ3) is 2.31. The zero-order valence-electron chi connectivity index (χ0n) is 8.87. The second-order valence-electron chi connectivity index (χ2n) is 3.40. The summed E-state index contributed by atoms with van der Waals surface area (Å²) in [5.74, 6) is 1.06. The van der Waals surface area contributed by atoms with Crippen molar-refractivity contribution in [2.75, 3.05) is 6.61 Å². The predicted octanol–water partition coefficient (Wildman–Crippen LogP) is 2.31. The van der Waals surface area contributed by atoms with E-state index in [4.69, 9.17) is 4.74 Å². The lowest BCUT2D eigenvalue weighted by Gasteiger charge is -2.13. The van der Waals surface area contributed by atoms with E-state index in [0.717, 1.165) is 18.1 Å². The lowest BCUT2D eigenvalue weighted by atomic mass is 10.3. The van der Waals surface area contributed by atoms with E-state index in [0.29, 0.717) is 12.6 Å². The highest BCUT2D eigenvalue weighted by Gasteiger charge is 2.08. The van der Waals surface area contributed by atoms with Gasteiger partial charge in [-0.25, -0.2) is 4.98 Å². The van der Waals surface area contributed by atoms with E-state index in [1.165, 1.54) is 0 Å². The molecule has 1 aromatic rings. The van der Waals surface area contributed by atoms with Gasteiger partial charge in [-0.1, -0.05) is 0 Å². The van der Waals surface area contributed by atoms with Gasteiger partial charge in [0.1, 0.15) is 5.82 Å².